The summed E-state index contributed by atoms with van der Waals surface area (Å²) in [6.45, 7) is 7.34. The fraction of sp³-hybridized carbons (Fsp3) is 0.714. The second kappa shape index (κ2) is 12.0. The smallest absolute Gasteiger partial charge is 0.191 e. The van der Waals surface area contributed by atoms with E-state index in [2.05, 4.69) is 37.6 Å². The Morgan fingerprint density at radius 3 is 2.93 bits per heavy atom. The summed E-state index contributed by atoms with van der Waals surface area (Å²) in [5, 5.41) is 6.97. The first-order valence-corrected chi connectivity index (χ1v) is 10.6. The zero-order chi connectivity index (χ0) is 19.4. The van der Waals surface area contributed by atoms with Crippen LogP contribution in [0.2, 0.25) is 0 Å². The molecular weight excluding hydrogens is 354 g/mol. The SMILES string of the molecule is CN=C(NCCCOCC1CCOC1)NC1CCN(Cc2ccccn2)CC1. The second-order valence-corrected chi connectivity index (χ2v) is 7.67. The van der Waals surface area contributed by atoms with Crippen LogP contribution in [0.15, 0.2) is 29.4 Å². The molecule has 2 saturated heterocycles. The number of aromatic nitrogens is 1. The molecule has 7 heteroatoms. The van der Waals surface area contributed by atoms with Gasteiger partial charge in [0.1, 0.15) is 0 Å². The van der Waals surface area contributed by atoms with Gasteiger partial charge >= 0.3 is 0 Å². The average Bonchev–Trinajstić information content (AvgIpc) is 3.25. The molecule has 2 N–H and O–H groups in total. The van der Waals surface area contributed by atoms with Crippen LogP contribution >= 0.6 is 0 Å². The van der Waals surface area contributed by atoms with Crippen LogP contribution in [0.25, 0.3) is 0 Å². The van der Waals surface area contributed by atoms with Gasteiger partial charge in [-0.25, -0.2) is 0 Å². The highest BCUT2D eigenvalue weighted by atomic mass is 16.5. The first-order chi connectivity index (χ1) is 13.8. The molecular formula is C21H35N5O2. The Labute approximate surface area is 168 Å². The van der Waals surface area contributed by atoms with E-state index in [0.717, 1.165) is 89.9 Å². The lowest BCUT2D eigenvalue weighted by Crippen LogP contribution is -2.48. The Kier molecular flexibility index (Phi) is 9.00. The number of pyridine rings is 1. The minimum Gasteiger partial charge on any atom is -0.381 e. The molecule has 0 bridgehead atoms. The van der Waals surface area contributed by atoms with Gasteiger partial charge in [0.15, 0.2) is 5.96 Å². The van der Waals surface area contributed by atoms with E-state index in [1.807, 2.05) is 19.3 Å². The number of nitrogens with zero attached hydrogens (tertiary/aromatic N) is 3. The van der Waals surface area contributed by atoms with Gasteiger partial charge in [0.05, 0.1) is 18.9 Å². The van der Waals surface area contributed by atoms with E-state index >= 15 is 0 Å². The molecule has 1 atom stereocenters. The molecule has 2 aliphatic rings. The first-order valence-electron chi connectivity index (χ1n) is 10.6. The molecule has 1 aromatic rings. The highest BCUT2D eigenvalue weighted by Crippen LogP contribution is 2.13. The van der Waals surface area contributed by atoms with Gasteiger partial charge in [0, 0.05) is 64.6 Å². The summed E-state index contributed by atoms with van der Waals surface area (Å²) < 4.78 is 11.1. The van der Waals surface area contributed by atoms with Crippen LogP contribution < -0.4 is 10.6 Å². The van der Waals surface area contributed by atoms with E-state index in [9.17, 15) is 0 Å². The minimum atomic E-state index is 0.477. The number of ether oxygens (including phenoxy) is 2. The van der Waals surface area contributed by atoms with Crippen molar-refractivity contribution in [2.24, 2.45) is 10.9 Å². The van der Waals surface area contributed by atoms with Crippen molar-refractivity contribution in [3.05, 3.63) is 30.1 Å². The molecule has 3 heterocycles. The van der Waals surface area contributed by atoms with Crippen LogP contribution in [0, 0.1) is 5.92 Å². The molecule has 0 aromatic carbocycles. The molecule has 1 aromatic heterocycles. The molecule has 0 radical (unpaired) electrons. The summed E-state index contributed by atoms with van der Waals surface area (Å²) in [6, 6.07) is 6.60. The van der Waals surface area contributed by atoms with E-state index in [1.165, 1.54) is 0 Å². The molecule has 7 nitrogen and oxygen atoms in total. The average molecular weight is 390 g/mol. The fourth-order valence-electron chi connectivity index (χ4n) is 3.69. The Hall–Kier alpha value is -1.70. The van der Waals surface area contributed by atoms with Crippen molar-refractivity contribution < 1.29 is 9.47 Å². The molecule has 3 rings (SSSR count). The van der Waals surface area contributed by atoms with E-state index in [0.29, 0.717) is 12.0 Å². The Balaban J connectivity index is 1.24. The minimum absolute atomic E-state index is 0.477. The van der Waals surface area contributed by atoms with Crippen molar-refractivity contribution in [2.75, 3.05) is 53.1 Å². The highest BCUT2D eigenvalue weighted by Gasteiger charge is 2.20. The lowest BCUT2D eigenvalue weighted by Gasteiger charge is -2.32. The van der Waals surface area contributed by atoms with Crippen molar-refractivity contribution >= 4 is 5.96 Å². The van der Waals surface area contributed by atoms with Crippen LogP contribution in [0.4, 0.5) is 0 Å². The number of hydrogen-bond donors (Lipinski definition) is 2. The summed E-state index contributed by atoms with van der Waals surface area (Å²) >= 11 is 0. The quantitative estimate of drug-likeness (QED) is 0.380. The van der Waals surface area contributed by atoms with Crippen LogP contribution in [0.1, 0.15) is 31.4 Å². The van der Waals surface area contributed by atoms with Gasteiger partial charge in [-0.05, 0) is 37.8 Å². The molecule has 0 aliphatic carbocycles. The van der Waals surface area contributed by atoms with Gasteiger partial charge in [-0.15, -0.1) is 0 Å². The van der Waals surface area contributed by atoms with E-state index in [1.54, 1.807) is 0 Å². The van der Waals surface area contributed by atoms with Gasteiger partial charge in [-0.1, -0.05) is 6.07 Å². The Morgan fingerprint density at radius 2 is 2.21 bits per heavy atom. The third kappa shape index (κ3) is 7.37. The third-order valence-corrected chi connectivity index (χ3v) is 5.40. The molecule has 0 saturated carbocycles. The predicted molar refractivity (Wildman–Crippen MR) is 111 cm³/mol. The van der Waals surface area contributed by atoms with Crippen LogP contribution in [0.3, 0.4) is 0 Å². The number of piperidine rings is 1. The molecule has 156 valence electrons. The maximum atomic E-state index is 5.75. The largest absolute Gasteiger partial charge is 0.381 e. The van der Waals surface area contributed by atoms with Crippen molar-refractivity contribution in [1.29, 1.82) is 0 Å². The summed E-state index contributed by atoms with van der Waals surface area (Å²) in [7, 11) is 1.84. The number of aliphatic imine (C=N–C) groups is 1. The van der Waals surface area contributed by atoms with Crippen LogP contribution in [0.5, 0.6) is 0 Å². The van der Waals surface area contributed by atoms with Crippen molar-refractivity contribution in [3.63, 3.8) is 0 Å². The summed E-state index contributed by atoms with van der Waals surface area (Å²) in [6.07, 6.45) is 6.24. The molecule has 1 unspecified atom stereocenters. The standard InChI is InChI=1S/C21H35N5O2/c1-22-21(24-10-4-13-27-16-18-8-14-28-17-18)25-19-6-11-26(12-7-19)15-20-5-2-3-9-23-20/h2-3,5,9,18-19H,4,6-8,10-17H2,1H3,(H2,22,24,25). The topological polar surface area (TPSA) is 71.0 Å². The number of likely N-dealkylation sites (tertiary alicyclic amines) is 1. The van der Waals surface area contributed by atoms with Crippen LogP contribution in [-0.2, 0) is 16.0 Å². The normalized spacial score (nSPS) is 21.8. The lowest BCUT2D eigenvalue weighted by molar-refractivity contribution is 0.0888. The monoisotopic (exact) mass is 389 g/mol. The zero-order valence-electron chi connectivity index (χ0n) is 17.1. The molecule has 0 amide bonds. The maximum Gasteiger partial charge on any atom is 0.191 e. The van der Waals surface area contributed by atoms with Crippen molar-refractivity contribution in [1.82, 2.24) is 20.5 Å². The van der Waals surface area contributed by atoms with Crippen molar-refractivity contribution in [3.8, 4) is 0 Å². The predicted octanol–water partition coefficient (Wildman–Crippen LogP) is 1.65. The molecule has 0 spiro atoms. The lowest BCUT2D eigenvalue weighted by atomic mass is 10.0. The number of rotatable bonds is 9. The number of nitrogens with one attached hydrogen (secondary N) is 2. The molecule has 2 fully saturated rings. The Bertz CT molecular complexity index is 569. The molecule has 2 aliphatic heterocycles. The van der Waals surface area contributed by atoms with E-state index in [4.69, 9.17) is 9.47 Å². The van der Waals surface area contributed by atoms with Gasteiger partial charge in [-0.2, -0.15) is 0 Å². The van der Waals surface area contributed by atoms with Gasteiger partial charge in [-0.3, -0.25) is 14.9 Å². The van der Waals surface area contributed by atoms with E-state index in [-0.39, 0.29) is 0 Å². The summed E-state index contributed by atoms with van der Waals surface area (Å²) in [4.78, 5) is 11.3. The second-order valence-electron chi connectivity index (χ2n) is 7.67. The maximum absolute atomic E-state index is 5.75. The fourth-order valence-corrected chi connectivity index (χ4v) is 3.69. The number of guanidine groups is 1. The van der Waals surface area contributed by atoms with Crippen molar-refractivity contribution in [2.45, 2.75) is 38.3 Å². The summed E-state index contributed by atoms with van der Waals surface area (Å²) in [5.74, 6) is 1.48. The summed E-state index contributed by atoms with van der Waals surface area (Å²) in [5.41, 5.74) is 1.15. The highest BCUT2D eigenvalue weighted by molar-refractivity contribution is 5.79. The molecule has 28 heavy (non-hydrogen) atoms. The zero-order valence-corrected chi connectivity index (χ0v) is 17.1. The van der Waals surface area contributed by atoms with Gasteiger partial charge < -0.3 is 20.1 Å². The van der Waals surface area contributed by atoms with Crippen LogP contribution in [-0.4, -0.2) is 75.0 Å². The first kappa shape index (κ1) is 21.0. The number of hydrogen-bond acceptors (Lipinski definition) is 5. The van der Waals surface area contributed by atoms with Gasteiger partial charge in [0.25, 0.3) is 0 Å². The van der Waals surface area contributed by atoms with E-state index < -0.39 is 0 Å². The van der Waals surface area contributed by atoms with Gasteiger partial charge in [0.2, 0.25) is 0 Å². The Morgan fingerprint density at radius 1 is 1.32 bits per heavy atom. The third-order valence-electron chi connectivity index (χ3n) is 5.40.